The van der Waals surface area contributed by atoms with Gasteiger partial charge in [-0.25, -0.2) is 9.98 Å². The number of aliphatic imine (C=N–C) groups is 2. The first-order valence-corrected chi connectivity index (χ1v) is 19.3. The molecule has 268 valence electrons. The van der Waals surface area contributed by atoms with Crippen LogP contribution in [0.15, 0.2) is 202 Å². The highest BCUT2D eigenvalue weighted by atomic mass is 16.3. The number of rotatable bonds is 5. The second-order valence-corrected chi connectivity index (χ2v) is 14.6. The average molecular weight is 732 g/mol. The minimum absolute atomic E-state index is 0.257. The predicted molar refractivity (Wildman–Crippen MR) is 234 cm³/mol. The Morgan fingerprint density at radius 2 is 1.14 bits per heavy atom. The molecule has 0 fully saturated rings. The number of hydrogen-bond donors (Lipinski definition) is 1. The summed E-state index contributed by atoms with van der Waals surface area (Å²) in [4.78, 5) is 10.2. The van der Waals surface area contributed by atoms with Gasteiger partial charge in [0.25, 0.3) is 0 Å². The van der Waals surface area contributed by atoms with Crippen LogP contribution in [0.4, 0.5) is 0 Å². The summed E-state index contributed by atoms with van der Waals surface area (Å²) in [6.45, 7) is 0. The molecule has 0 saturated carbocycles. The third-order valence-corrected chi connectivity index (χ3v) is 11.4. The van der Waals surface area contributed by atoms with Crippen molar-refractivity contribution in [2.45, 2.75) is 6.17 Å². The Balaban J connectivity index is 1.06. The van der Waals surface area contributed by atoms with E-state index in [-0.39, 0.29) is 6.17 Å². The van der Waals surface area contributed by atoms with E-state index in [0.29, 0.717) is 5.84 Å². The number of para-hydroxylation sites is 3. The van der Waals surface area contributed by atoms with Crippen LogP contribution in [0.5, 0.6) is 0 Å². The van der Waals surface area contributed by atoms with Crippen molar-refractivity contribution in [1.29, 1.82) is 0 Å². The van der Waals surface area contributed by atoms with E-state index in [2.05, 4.69) is 154 Å². The van der Waals surface area contributed by atoms with E-state index in [0.717, 1.165) is 77.8 Å². The molecule has 1 unspecified atom stereocenters. The normalized spacial score (nSPS) is 14.5. The number of furan rings is 1. The molecule has 0 amide bonds. The van der Waals surface area contributed by atoms with Gasteiger partial charge in [0.2, 0.25) is 0 Å². The van der Waals surface area contributed by atoms with Crippen molar-refractivity contribution in [3.63, 3.8) is 0 Å². The van der Waals surface area contributed by atoms with Crippen LogP contribution < -0.4 is 5.32 Å². The summed E-state index contributed by atoms with van der Waals surface area (Å²) >= 11 is 0. The maximum atomic E-state index is 6.42. The van der Waals surface area contributed by atoms with Gasteiger partial charge in [0.1, 0.15) is 23.2 Å². The third-order valence-electron chi connectivity index (χ3n) is 11.4. The van der Waals surface area contributed by atoms with Crippen molar-refractivity contribution in [3.05, 3.63) is 205 Å². The molecule has 8 aromatic carbocycles. The fourth-order valence-electron chi connectivity index (χ4n) is 8.78. The van der Waals surface area contributed by atoms with Crippen molar-refractivity contribution in [3.8, 4) is 11.4 Å². The largest absolute Gasteiger partial charge is 0.456 e. The summed E-state index contributed by atoms with van der Waals surface area (Å²) in [6, 6.07) is 66.1. The molecule has 0 bridgehead atoms. The molecule has 0 radical (unpaired) electrons. The molecule has 1 aliphatic rings. The molecule has 3 aromatic heterocycles. The van der Waals surface area contributed by atoms with E-state index >= 15 is 0 Å². The third kappa shape index (κ3) is 4.90. The lowest BCUT2D eigenvalue weighted by Crippen LogP contribution is -2.33. The molecular formula is C51H33N5O. The van der Waals surface area contributed by atoms with Gasteiger partial charge < -0.3 is 18.9 Å². The van der Waals surface area contributed by atoms with Crippen LogP contribution in [0.3, 0.4) is 0 Å². The monoisotopic (exact) mass is 731 g/mol. The molecule has 6 heteroatoms. The standard InChI is InChI=1S/C51H33N5O/c1-4-14-32(15-5-1)49-52-50(33-16-6-2-7-17-33)54-51(53-49)34-24-26-36(27-25-34)55-42-22-12-10-21-39(42)47-43(55)29-28-38-40-31-46-41(37-20-11-13-23-45(37)57-46)30-44(40)56(48(38)47)35-18-8-3-9-19-35/h1-31,49H,(H,52,53,54). The van der Waals surface area contributed by atoms with Crippen molar-refractivity contribution in [1.82, 2.24) is 14.5 Å². The van der Waals surface area contributed by atoms with Crippen LogP contribution in [-0.4, -0.2) is 20.8 Å². The molecule has 0 spiro atoms. The van der Waals surface area contributed by atoms with Gasteiger partial charge >= 0.3 is 0 Å². The highest BCUT2D eigenvalue weighted by molar-refractivity contribution is 6.27. The zero-order valence-corrected chi connectivity index (χ0v) is 30.7. The maximum Gasteiger partial charge on any atom is 0.159 e. The first-order valence-electron chi connectivity index (χ1n) is 19.3. The molecule has 57 heavy (non-hydrogen) atoms. The van der Waals surface area contributed by atoms with Gasteiger partial charge in [-0.3, -0.25) is 0 Å². The summed E-state index contributed by atoms with van der Waals surface area (Å²) in [5, 5.41) is 10.6. The molecule has 6 nitrogen and oxygen atoms in total. The lowest BCUT2D eigenvalue weighted by atomic mass is 10.1. The Morgan fingerprint density at radius 1 is 0.456 bits per heavy atom. The van der Waals surface area contributed by atoms with Crippen molar-refractivity contribution in [2.75, 3.05) is 0 Å². The van der Waals surface area contributed by atoms with Crippen LogP contribution in [0.2, 0.25) is 0 Å². The fraction of sp³-hybridized carbons (Fsp3) is 0.0196. The van der Waals surface area contributed by atoms with Crippen LogP contribution in [0.25, 0.3) is 76.9 Å². The summed E-state index contributed by atoms with van der Waals surface area (Å²) in [5.74, 6) is 1.50. The second kappa shape index (κ2) is 12.4. The Bertz CT molecular complexity index is 3410. The van der Waals surface area contributed by atoms with E-state index in [4.69, 9.17) is 14.4 Å². The molecule has 0 saturated heterocycles. The van der Waals surface area contributed by atoms with E-state index in [1.807, 2.05) is 48.5 Å². The Hall–Kier alpha value is -7.70. The van der Waals surface area contributed by atoms with E-state index in [1.54, 1.807) is 0 Å². The number of amidine groups is 2. The summed E-state index contributed by atoms with van der Waals surface area (Å²) in [7, 11) is 0. The van der Waals surface area contributed by atoms with E-state index < -0.39 is 0 Å². The maximum absolute atomic E-state index is 6.42. The van der Waals surface area contributed by atoms with Crippen molar-refractivity contribution in [2.24, 2.45) is 9.98 Å². The lowest BCUT2D eigenvalue weighted by Gasteiger charge is -2.23. The van der Waals surface area contributed by atoms with Crippen LogP contribution >= 0.6 is 0 Å². The number of aromatic nitrogens is 2. The van der Waals surface area contributed by atoms with Gasteiger partial charge in [-0.05, 0) is 72.3 Å². The molecule has 1 atom stereocenters. The van der Waals surface area contributed by atoms with E-state index in [9.17, 15) is 0 Å². The molecular weight excluding hydrogens is 699 g/mol. The topological polar surface area (TPSA) is 59.8 Å². The number of fused-ring (bicyclic) bond motifs is 10. The first-order chi connectivity index (χ1) is 28.3. The lowest BCUT2D eigenvalue weighted by molar-refractivity contribution is 0.669. The minimum Gasteiger partial charge on any atom is -0.456 e. The SMILES string of the molecule is c1ccc(C2=NC(c3ccc(-n4c5ccccc5c5c4ccc4c6cc7oc8ccccc8c7cc6n(-c6ccccc6)c45)cc3)=NC(c3ccccc3)N2)cc1. The molecule has 1 N–H and O–H groups in total. The van der Waals surface area contributed by atoms with Crippen LogP contribution in [-0.2, 0) is 0 Å². The van der Waals surface area contributed by atoms with Crippen molar-refractivity contribution >= 4 is 77.2 Å². The van der Waals surface area contributed by atoms with Crippen LogP contribution in [0.1, 0.15) is 22.9 Å². The highest BCUT2D eigenvalue weighted by Gasteiger charge is 2.24. The molecule has 4 heterocycles. The van der Waals surface area contributed by atoms with Gasteiger partial charge in [0.05, 0.1) is 22.1 Å². The Morgan fingerprint density at radius 3 is 1.95 bits per heavy atom. The van der Waals surface area contributed by atoms with Gasteiger partial charge in [0, 0.05) is 54.8 Å². The van der Waals surface area contributed by atoms with Gasteiger partial charge in [-0.15, -0.1) is 0 Å². The number of nitrogens with one attached hydrogen (secondary N) is 1. The molecule has 1 aliphatic heterocycles. The van der Waals surface area contributed by atoms with Crippen LogP contribution in [0, 0.1) is 0 Å². The minimum atomic E-state index is -0.257. The average Bonchev–Trinajstić information content (AvgIpc) is 3.93. The van der Waals surface area contributed by atoms with Crippen molar-refractivity contribution < 1.29 is 4.42 Å². The molecule has 0 aliphatic carbocycles. The predicted octanol–water partition coefficient (Wildman–Crippen LogP) is 12.3. The number of hydrogen-bond acceptors (Lipinski definition) is 4. The van der Waals surface area contributed by atoms with Gasteiger partial charge in [-0.1, -0.05) is 121 Å². The smallest absolute Gasteiger partial charge is 0.159 e. The van der Waals surface area contributed by atoms with E-state index in [1.165, 1.54) is 21.7 Å². The highest BCUT2D eigenvalue weighted by Crippen LogP contribution is 2.44. The number of nitrogens with zero attached hydrogens (tertiary/aromatic N) is 4. The second-order valence-electron chi connectivity index (χ2n) is 14.6. The molecule has 11 aromatic rings. The van der Waals surface area contributed by atoms with Gasteiger partial charge in [-0.2, -0.15) is 0 Å². The first kappa shape index (κ1) is 31.6. The summed E-state index contributed by atoms with van der Waals surface area (Å²) in [6.07, 6.45) is -0.257. The summed E-state index contributed by atoms with van der Waals surface area (Å²) in [5.41, 5.74) is 11.7. The fourth-order valence-corrected chi connectivity index (χ4v) is 8.78. The number of benzene rings is 8. The zero-order valence-electron chi connectivity index (χ0n) is 30.7. The Labute approximate surface area is 327 Å². The zero-order chi connectivity index (χ0) is 37.5. The quantitative estimate of drug-likeness (QED) is 0.192. The Kier molecular flexibility index (Phi) is 6.89. The molecule has 12 rings (SSSR count). The van der Waals surface area contributed by atoms with Gasteiger partial charge in [0.15, 0.2) is 5.84 Å². The summed E-state index contributed by atoms with van der Waals surface area (Å²) < 4.78 is 11.2.